The topological polar surface area (TPSA) is 59.8 Å². The molecular weight excluding hydrogens is 368 g/mol. The predicted molar refractivity (Wildman–Crippen MR) is 114 cm³/mol. The lowest BCUT2D eigenvalue weighted by atomic mass is 10.1. The summed E-state index contributed by atoms with van der Waals surface area (Å²) >= 11 is 1.39. The minimum Gasteiger partial charge on any atom is -0.355 e. The van der Waals surface area contributed by atoms with Gasteiger partial charge < -0.3 is 5.32 Å². The van der Waals surface area contributed by atoms with E-state index in [-0.39, 0.29) is 5.91 Å². The number of amides is 1. The Morgan fingerprint density at radius 1 is 1.14 bits per heavy atom. The Kier molecular flexibility index (Phi) is 7.03. The predicted octanol–water partition coefficient (Wildman–Crippen LogP) is 3.89. The van der Waals surface area contributed by atoms with Crippen molar-refractivity contribution in [2.24, 2.45) is 0 Å². The van der Waals surface area contributed by atoms with Crippen molar-refractivity contribution in [1.29, 1.82) is 0 Å². The first-order valence-corrected chi connectivity index (χ1v) is 10.2. The molecule has 0 bridgehead atoms. The zero-order valence-corrected chi connectivity index (χ0v) is 16.8. The molecule has 0 saturated carbocycles. The number of aromatic nitrogens is 3. The highest BCUT2D eigenvalue weighted by atomic mass is 32.2. The Morgan fingerprint density at radius 3 is 2.64 bits per heavy atom. The molecule has 0 fully saturated rings. The van der Waals surface area contributed by atoms with Gasteiger partial charge in [0, 0.05) is 18.7 Å². The molecule has 1 amide bonds. The summed E-state index contributed by atoms with van der Waals surface area (Å²) in [7, 11) is 0. The van der Waals surface area contributed by atoms with Gasteiger partial charge in [-0.15, -0.1) is 16.8 Å². The number of carbonyl (C=O) groups is 1. The van der Waals surface area contributed by atoms with Crippen LogP contribution >= 0.6 is 11.8 Å². The molecule has 0 atom stereocenters. The maximum Gasteiger partial charge on any atom is 0.230 e. The minimum absolute atomic E-state index is 0.00785. The van der Waals surface area contributed by atoms with Gasteiger partial charge in [-0.2, -0.15) is 0 Å². The molecule has 0 aliphatic carbocycles. The molecule has 0 aliphatic rings. The maximum atomic E-state index is 12.2. The summed E-state index contributed by atoms with van der Waals surface area (Å²) < 4.78 is 2.00. The third kappa shape index (κ3) is 5.10. The van der Waals surface area contributed by atoms with E-state index in [1.54, 1.807) is 0 Å². The van der Waals surface area contributed by atoms with E-state index in [0.717, 1.165) is 28.5 Å². The number of nitrogens with one attached hydrogen (secondary N) is 1. The molecule has 0 spiro atoms. The maximum absolute atomic E-state index is 12.2. The van der Waals surface area contributed by atoms with Gasteiger partial charge in [-0.3, -0.25) is 9.36 Å². The average Bonchev–Trinajstić information content (AvgIpc) is 3.10. The van der Waals surface area contributed by atoms with Crippen molar-refractivity contribution in [3.8, 4) is 11.4 Å². The van der Waals surface area contributed by atoms with Gasteiger partial charge in [0.1, 0.15) is 0 Å². The number of allylic oxidation sites excluding steroid dienone is 1. The fourth-order valence-electron chi connectivity index (χ4n) is 2.88. The van der Waals surface area contributed by atoms with E-state index < -0.39 is 0 Å². The molecule has 0 radical (unpaired) electrons. The highest BCUT2D eigenvalue weighted by Gasteiger charge is 2.16. The van der Waals surface area contributed by atoms with Crippen LogP contribution < -0.4 is 5.32 Å². The Morgan fingerprint density at radius 2 is 1.89 bits per heavy atom. The van der Waals surface area contributed by atoms with Gasteiger partial charge in [-0.1, -0.05) is 72.4 Å². The molecule has 1 N–H and O–H groups in total. The molecular formula is C22H24N4OS. The first-order chi connectivity index (χ1) is 13.7. The van der Waals surface area contributed by atoms with Gasteiger partial charge in [0.25, 0.3) is 0 Å². The van der Waals surface area contributed by atoms with E-state index in [1.807, 2.05) is 47.0 Å². The van der Waals surface area contributed by atoms with Crippen LogP contribution in [0.25, 0.3) is 11.4 Å². The second-order valence-electron chi connectivity index (χ2n) is 6.39. The van der Waals surface area contributed by atoms with Crippen molar-refractivity contribution in [1.82, 2.24) is 20.1 Å². The van der Waals surface area contributed by atoms with E-state index in [1.165, 1.54) is 17.3 Å². The molecule has 3 aromatic rings. The molecule has 3 rings (SSSR count). The second-order valence-corrected chi connectivity index (χ2v) is 7.34. The van der Waals surface area contributed by atoms with Gasteiger partial charge in [0.2, 0.25) is 5.91 Å². The van der Waals surface area contributed by atoms with Crippen LogP contribution in [0.1, 0.15) is 11.1 Å². The average molecular weight is 393 g/mol. The number of hydrogen-bond donors (Lipinski definition) is 1. The van der Waals surface area contributed by atoms with Crippen LogP contribution in [-0.2, 0) is 17.8 Å². The zero-order valence-electron chi connectivity index (χ0n) is 16.0. The Labute approximate surface area is 169 Å². The minimum atomic E-state index is -0.00785. The van der Waals surface area contributed by atoms with Crippen molar-refractivity contribution in [2.75, 3.05) is 12.3 Å². The summed E-state index contributed by atoms with van der Waals surface area (Å²) in [5, 5.41) is 12.3. The van der Waals surface area contributed by atoms with Gasteiger partial charge in [0.15, 0.2) is 11.0 Å². The van der Waals surface area contributed by atoms with Gasteiger partial charge in [0.05, 0.1) is 5.75 Å². The summed E-state index contributed by atoms with van der Waals surface area (Å²) in [6, 6.07) is 18.2. The van der Waals surface area contributed by atoms with Crippen LogP contribution in [0, 0.1) is 6.92 Å². The van der Waals surface area contributed by atoms with Crippen molar-refractivity contribution in [2.45, 2.75) is 25.0 Å². The monoisotopic (exact) mass is 392 g/mol. The van der Waals surface area contributed by atoms with Gasteiger partial charge >= 0.3 is 0 Å². The van der Waals surface area contributed by atoms with Gasteiger partial charge in [-0.25, -0.2) is 0 Å². The molecule has 1 aromatic heterocycles. The van der Waals surface area contributed by atoms with E-state index in [9.17, 15) is 4.79 Å². The van der Waals surface area contributed by atoms with Crippen LogP contribution in [0.3, 0.4) is 0 Å². The first-order valence-electron chi connectivity index (χ1n) is 9.22. The fourth-order valence-corrected chi connectivity index (χ4v) is 3.66. The third-order valence-electron chi connectivity index (χ3n) is 4.33. The molecule has 2 aromatic carbocycles. The van der Waals surface area contributed by atoms with Crippen molar-refractivity contribution < 1.29 is 4.79 Å². The van der Waals surface area contributed by atoms with Crippen LogP contribution in [0.5, 0.6) is 0 Å². The van der Waals surface area contributed by atoms with Crippen LogP contribution in [0.4, 0.5) is 0 Å². The van der Waals surface area contributed by atoms with E-state index in [2.05, 4.69) is 47.2 Å². The lowest BCUT2D eigenvalue weighted by molar-refractivity contribution is -0.118. The number of aryl methyl sites for hydroxylation is 1. The Hall–Kier alpha value is -2.86. The lowest BCUT2D eigenvalue weighted by Crippen LogP contribution is -2.27. The smallest absolute Gasteiger partial charge is 0.230 e. The summed E-state index contributed by atoms with van der Waals surface area (Å²) in [6.07, 6.45) is 2.64. The molecule has 6 heteroatoms. The van der Waals surface area contributed by atoms with Crippen LogP contribution in [0.15, 0.2) is 72.4 Å². The number of hydrogen-bond acceptors (Lipinski definition) is 4. The van der Waals surface area contributed by atoms with Crippen molar-refractivity contribution in [3.05, 3.63) is 78.4 Å². The molecule has 144 valence electrons. The lowest BCUT2D eigenvalue weighted by Gasteiger charge is -2.09. The standard InChI is InChI=1S/C22H24N4OS/c1-3-15-26-21(19-12-8-7-9-17(19)2)24-25-22(26)28-16-20(27)23-14-13-18-10-5-4-6-11-18/h3-12H,1,13-16H2,2H3,(H,23,27). The van der Waals surface area contributed by atoms with Crippen molar-refractivity contribution in [3.63, 3.8) is 0 Å². The number of carbonyl (C=O) groups excluding carboxylic acids is 1. The quantitative estimate of drug-likeness (QED) is 0.443. The van der Waals surface area contributed by atoms with Crippen LogP contribution in [0.2, 0.25) is 0 Å². The highest BCUT2D eigenvalue weighted by Crippen LogP contribution is 2.26. The molecule has 0 aliphatic heterocycles. The van der Waals surface area contributed by atoms with Crippen molar-refractivity contribution >= 4 is 17.7 Å². The van der Waals surface area contributed by atoms with E-state index in [4.69, 9.17) is 0 Å². The van der Waals surface area contributed by atoms with Gasteiger partial charge in [-0.05, 0) is 24.5 Å². The summed E-state index contributed by atoms with van der Waals surface area (Å²) in [5.41, 5.74) is 3.38. The normalized spacial score (nSPS) is 10.6. The number of rotatable bonds is 9. The molecule has 1 heterocycles. The fraction of sp³-hybridized carbons (Fsp3) is 0.227. The Bertz CT molecular complexity index is 937. The third-order valence-corrected chi connectivity index (χ3v) is 5.29. The molecule has 0 saturated heterocycles. The summed E-state index contributed by atoms with van der Waals surface area (Å²) in [6.45, 7) is 7.10. The van der Waals surface area contributed by atoms with E-state index in [0.29, 0.717) is 18.8 Å². The SMILES string of the molecule is C=CCn1c(SCC(=O)NCCc2ccccc2)nnc1-c1ccccc1C. The number of benzene rings is 2. The molecule has 0 unspecified atom stereocenters. The zero-order chi connectivity index (χ0) is 19.8. The molecule has 5 nitrogen and oxygen atoms in total. The highest BCUT2D eigenvalue weighted by molar-refractivity contribution is 7.99. The molecule has 28 heavy (non-hydrogen) atoms. The number of nitrogens with zero attached hydrogens (tertiary/aromatic N) is 3. The summed E-state index contributed by atoms with van der Waals surface area (Å²) in [5.74, 6) is 1.09. The summed E-state index contributed by atoms with van der Waals surface area (Å²) in [4.78, 5) is 12.2. The second kappa shape index (κ2) is 9.90. The first kappa shape index (κ1) is 19.9. The largest absolute Gasteiger partial charge is 0.355 e. The number of thioether (sulfide) groups is 1. The van der Waals surface area contributed by atoms with E-state index >= 15 is 0 Å². The van der Waals surface area contributed by atoms with Crippen LogP contribution in [-0.4, -0.2) is 33.0 Å². The Balaban J connectivity index is 1.60.